The summed E-state index contributed by atoms with van der Waals surface area (Å²) in [6.07, 6.45) is -8.59. The molecule has 2 rings (SSSR count). The molecule has 1 aliphatic carbocycles. The molecule has 1 saturated carbocycles. The van der Waals surface area contributed by atoms with Gasteiger partial charge in [-0.1, -0.05) is 15.9 Å². The molecule has 0 aliphatic heterocycles. The molecule has 2 N–H and O–H groups in total. The second kappa shape index (κ2) is 7.02. The molecule has 0 spiro atoms. The van der Waals surface area contributed by atoms with E-state index >= 15 is 0 Å². The van der Waals surface area contributed by atoms with Crippen LogP contribution in [0.2, 0.25) is 0 Å². The first-order valence-corrected chi connectivity index (χ1v) is 7.88. The summed E-state index contributed by atoms with van der Waals surface area (Å²) in [5.41, 5.74) is -7.98. The van der Waals surface area contributed by atoms with Gasteiger partial charge < -0.3 is 15.2 Å². The highest BCUT2D eigenvalue weighted by Gasteiger charge is 2.49. The Balaban J connectivity index is 2.87. The van der Waals surface area contributed by atoms with Gasteiger partial charge in [0, 0.05) is 0 Å². The fourth-order valence-electron chi connectivity index (χ4n) is 2.17. The lowest BCUT2D eigenvalue weighted by Gasteiger charge is -2.20. The minimum atomic E-state index is -5.45. The number of anilines is 1. The fourth-order valence-corrected chi connectivity index (χ4v) is 2.47. The largest absolute Gasteiger partial charge is 0.478 e. The SMILES string of the molecule is COC(=O)c1c(C(F)F)nc(C(F)(F)F)c(C(=O)O)c1NC(=O)C1(Br)CC1. The van der Waals surface area contributed by atoms with Gasteiger partial charge in [0.15, 0.2) is 5.69 Å². The summed E-state index contributed by atoms with van der Waals surface area (Å²) in [7, 11) is 0.744. The van der Waals surface area contributed by atoms with Gasteiger partial charge in [0.2, 0.25) is 5.91 Å². The number of amides is 1. The van der Waals surface area contributed by atoms with Crippen LogP contribution in [0.1, 0.15) is 51.4 Å². The van der Waals surface area contributed by atoms with Crippen molar-refractivity contribution in [1.82, 2.24) is 4.98 Å². The maximum atomic E-state index is 13.3. The summed E-state index contributed by atoms with van der Waals surface area (Å²) in [5.74, 6) is -4.80. The van der Waals surface area contributed by atoms with Crippen molar-refractivity contribution in [2.75, 3.05) is 12.4 Å². The summed E-state index contributed by atoms with van der Waals surface area (Å²) in [6, 6.07) is 0. The number of aromatic carboxylic acids is 1. The second-order valence-corrected chi connectivity index (χ2v) is 7.00. The van der Waals surface area contributed by atoms with Crippen molar-refractivity contribution >= 4 is 39.5 Å². The number of carboxylic acid groups (broad SMARTS) is 1. The molecule has 1 aromatic heterocycles. The minimum absolute atomic E-state index is 0.272. The molecule has 148 valence electrons. The second-order valence-electron chi connectivity index (χ2n) is 5.49. The Morgan fingerprint density at radius 3 is 2.19 bits per heavy atom. The van der Waals surface area contributed by atoms with Gasteiger partial charge in [-0.05, 0) is 12.8 Å². The van der Waals surface area contributed by atoms with E-state index in [-0.39, 0.29) is 12.8 Å². The number of hydrogen-bond donors (Lipinski definition) is 2. The molecule has 27 heavy (non-hydrogen) atoms. The van der Waals surface area contributed by atoms with Gasteiger partial charge in [-0.25, -0.2) is 23.4 Å². The van der Waals surface area contributed by atoms with E-state index in [1.165, 1.54) is 0 Å². The molecular weight excluding hydrogens is 451 g/mol. The standard InChI is InChI=1S/C14H10BrF5N2O5/c1-27-11(25)4-6(22-12(26)13(15)2-3-13)5(10(23)24)8(14(18,19)20)21-7(4)9(16)17/h9H,2-3H2,1H3,(H,23,24)(H,21,22,26). The zero-order valence-electron chi connectivity index (χ0n) is 13.3. The maximum Gasteiger partial charge on any atom is 0.434 e. The molecule has 1 aliphatic rings. The number of halogens is 6. The minimum Gasteiger partial charge on any atom is -0.478 e. The first kappa shape index (κ1) is 21.0. The van der Waals surface area contributed by atoms with Crippen molar-refractivity contribution in [2.45, 2.75) is 29.8 Å². The Labute approximate surface area is 156 Å². The summed E-state index contributed by atoms with van der Waals surface area (Å²) in [4.78, 5) is 38.2. The van der Waals surface area contributed by atoms with Crippen molar-refractivity contribution in [1.29, 1.82) is 0 Å². The molecule has 0 atom stereocenters. The summed E-state index contributed by atoms with van der Waals surface area (Å²) in [5, 5.41) is 11.1. The molecule has 1 aromatic rings. The number of rotatable bonds is 5. The van der Waals surface area contributed by atoms with Gasteiger partial charge in [-0.3, -0.25) is 4.79 Å². The lowest BCUT2D eigenvalue weighted by molar-refractivity contribution is -0.142. The number of carbonyl (C=O) groups is 3. The van der Waals surface area contributed by atoms with Gasteiger partial charge in [-0.15, -0.1) is 0 Å². The first-order valence-electron chi connectivity index (χ1n) is 7.08. The molecule has 0 aromatic carbocycles. The number of ether oxygens (including phenoxy) is 1. The fraction of sp³-hybridized carbons (Fsp3) is 0.429. The van der Waals surface area contributed by atoms with E-state index in [1.54, 1.807) is 0 Å². The number of methoxy groups -OCH3 is 1. The Morgan fingerprint density at radius 1 is 1.26 bits per heavy atom. The number of pyridine rings is 1. The van der Waals surface area contributed by atoms with E-state index < -0.39 is 63.0 Å². The maximum absolute atomic E-state index is 13.3. The van der Waals surface area contributed by atoms with Crippen LogP contribution < -0.4 is 5.32 Å². The predicted octanol–water partition coefficient (Wildman–Crippen LogP) is 3.39. The smallest absolute Gasteiger partial charge is 0.434 e. The van der Waals surface area contributed by atoms with Crippen LogP contribution in [0.4, 0.5) is 27.6 Å². The van der Waals surface area contributed by atoms with Gasteiger partial charge in [0.05, 0.1) is 12.8 Å². The van der Waals surface area contributed by atoms with Crippen LogP contribution in [-0.2, 0) is 15.7 Å². The van der Waals surface area contributed by atoms with E-state index in [0.717, 1.165) is 7.11 Å². The van der Waals surface area contributed by atoms with Crippen LogP contribution in [-0.4, -0.2) is 39.4 Å². The monoisotopic (exact) mass is 460 g/mol. The first-order chi connectivity index (χ1) is 12.3. The third kappa shape index (κ3) is 4.01. The average Bonchev–Trinajstić information content (AvgIpc) is 3.30. The van der Waals surface area contributed by atoms with Crippen LogP contribution in [0.3, 0.4) is 0 Å². The molecule has 7 nitrogen and oxygen atoms in total. The van der Waals surface area contributed by atoms with Crippen molar-refractivity contribution in [3.63, 3.8) is 0 Å². The number of nitrogens with one attached hydrogen (secondary N) is 1. The number of carbonyl (C=O) groups excluding carboxylic acids is 2. The highest BCUT2D eigenvalue weighted by Crippen LogP contribution is 2.46. The third-order valence-electron chi connectivity index (χ3n) is 3.64. The molecule has 0 bridgehead atoms. The Hall–Kier alpha value is -2.31. The highest BCUT2D eigenvalue weighted by atomic mass is 79.9. The van der Waals surface area contributed by atoms with Crippen LogP contribution in [0.25, 0.3) is 0 Å². The molecular formula is C14H10BrF5N2O5. The predicted molar refractivity (Wildman–Crippen MR) is 82.0 cm³/mol. The third-order valence-corrected chi connectivity index (χ3v) is 4.79. The number of hydrogen-bond acceptors (Lipinski definition) is 5. The Kier molecular flexibility index (Phi) is 5.46. The van der Waals surface area contributed by atoms with E-state index in [2.05, 4.69) is 25.7 Å². The van der Waals surface area contributed by atoms with Crippen molar-refractivity contribution in [3.05, 3.63) is 22.5 Å². The average molecular weight is 461 g/mol. The zero-order valence-corrected chi connectivity index (χ0v) is 14.9. The van der Waals surface area contributed by atoms with E-state index in [9.17, 15) is 41.4 Å². The molecule has 0 unspecified atom stereocenters. The molecule has 1 fully saturated rings. The molecule has 13 heteroatoms. The lowest BCUT2D eigenvalue weighted by atomic mass is 10.0. The van der Waals surface area contributed by atoms with Crippen molar-refractivity contribution < 1.29 is 46.2 Å². The number of esters is 1. The summed E-state index contributed by atoms with van der Waals surface area (Å²) < 4.78 is 69.3. The number of aromatic nitrogens is 1. The van der Waals surface area contributed by atoms with E-state index in [0.29, 0.717) is 0 Å². The Bertz CT molecular complexity index is 823. The number of alkyl halides is 6. The number of carboxylic acids is 1. The van der Waals surface area contributed by atoms with Gasteiger partial charge >= 0.3 is 18.1 Å². The summed E-state index contributed by atoms with van der Waals surface area (Å²) in [6.45, 7) is 0. The molecule has 1 amide bonds. The Morgan fingerprint density at radius 2 is 1.81 bits per heavy atom. The highest BCUT2D eigenvalue weighted by molar-refractivity contribution is 9.10. The van der Waals surface area contributed by atoms with E-state index in [4.69, 9.17) is 0 Å². The van der Waals surface area contributed by atoms with Crippen LogP contribution in [0.15, 0.2) is 0 Å². The van der Waals surface area contributed by atoms with Crippen LogP contribution >= 0.6 is 15.9 Å². The van der Waals surface area contributed by atoms with Crippen molar-refractivity contribution in [3.8, 4) is 0 Å². The quantitative estimate of drug-likeness (QED) is 0.396. The van der Waals surface area contributed by atoms with E-state index in [1.807, 2.05) is 5.32 Å². The lowest BCUT2D eigenvalue weighted by Crippen LogP contribution is -2.30. The topological polar surface area (TPSA) is 106 Å². The molecule has 0 saturated heterocycles. The summed E-state index contributed by atoms with van der Waals surface area (Å²) >= 11 is 3.00. The normalized spacial score (nSPS) is 15.4. The van der Waals surface area contributed by atoms with Crippen LogP contribution in [0, 0.1) is 0 Å². The molecule has 1 heterocycles. The molecule has 0 radical (unpaired) electrons. The van der Waals surface area contributed by atoms with Crippen molar-refractivity contribution in [2.24, 2.45) is 0 Å². The van der Waals surface area contributed by atoms with Gasteiger partial charge in [0.1, 0.15) is 21.1 Å². The van der Waals surface area contributed by atoms with Gasteiger partial charge in [0.25, 0.3) is 6.43 Å². The van der Waals surface area contributed by atoms with Gasteiger partial charge in [-0.2, -0.15) is 13.2 Å². The zero-order chi connectivity index (χ0) is 20.7. The number of nitrogens with zero attached hydrogens (tertiary/aromatic N) is 1. The van der Waals surface area contributed by atoms with Crippen LogP contribution in [0.5, 0.6) is 0 Å².